The Bertz CT molecular complexity index is 943. The average Bonchev–Trinajstić information content (AvgIpc) is 2.94. The van der Waals surface area contributed by atoms with E-state index in [2.05, 4.69) is 10.0 Å². The van der Waals surface area contributed by atoms with Crippen LogP contribution in [0.1, 0.15) is 21.0 Å². The van der Waals surface area contributed by atoms with Crippen molar-refractivity contribution >= 4 is 44.6 Å². The number of sulfonamides is 1. The number of carbonyl (C=O) groups excluding carboxylic acids is 1. The summed E-state index contributed by atoms with van der Waals surface area (Å²) in [6.07, 6.45) is 2.40. The number of rotatable bonds is 6. The summed E-state index contributed by atoms with van der Waals surface area (Å²) in [6.45, 7) is 1.38. The van der Waals surface area contributed by atoms with E-state index in [0.717, 1.165) is 17.6 Å². The van der Waals surface area contributed by atoms with Crippen LogP contribution in [0.2, 0.25) is 5.02 Å². The fourth-order valence-electron chi connectivity index (χ4n) is 2.46. The molecule has 1 amide bonds. The summed E-state index contributed by atoms with van der Waals surface area (Å²) >= 11 is 7.55. The number of ether oxygens (including phenoxy) is 2. The second kappa shape index (κ2) is 8.47. The molecule has 1 aliphatic rings. The summed E-state index contributed by atoms with van der Waals surface area (Å²) in [6, 6.07) is 6.80. The van der Waals surface area contributed by atoms with E-state index >= 15 is 0 Å². The lowest BCUT2D eigenvalue weighted by Gasteiger charge is -2.12. The van der Waals surface area contributed by atoms with Crippen LogP contribution >= 0.6 is 22.9 Å². The molecule has 1 aliphatic heterocycles. The Morgan fingerprint density at radius 1 is 1.22 bits per heavy atom. The molecule has 0 spiro atoms. The third kappa shape index (κ3) is 5.58. The number of fused-ring (bicyclic) bond motifs is 1. The molecule has 27 heavy (non-hydrogen) atoms. The minimum Gasteiger partial charge on any atom is -0.490 e. The van der Waals surface area contributed by atoms with E-state index in [-0.39, 0.29) is 12.5 Å². The first-order valence-electron chi connectivity index (χ1n) is 8.26. The van der Waals surface area contributed by atoms with Crippen molar-refractivity contribution in [2.45, 2.75) is 12.8 Å². The molecule has 3 rings (SSSR count). The maximum atomic E-state index is 12.5. The molecule has 0 saturated carbocycles. The Balaban J connectivity index is 1.66. The van der Waals surface area contributed by atoms with Crippen molar-refractivity contribution < 1.29 is 22.7 Å². The first-order chi connectivity index (χ1) is 12.8. The number of benzene rings is 1. The van der Waals surface area contributed by atoms with E-state index in [1.54, 1.807) is 24.3 Å². The van der Waals surface area contributed by atoms with E-state index in [1.807, 2.05) is 0 Å². The molecule has 0 fully saturated rings. The number of carbonyl (C=O) groups is 1. The van der Waals surface area contributed by atoms with E-state index in [1.165, 1.54) is 11.3 Å². The van der Waals surface area contributed by atoms with Gasteiger partial charge in [-0.25, -0.2) is 13.1 Å². The SMILES string of the molecule is CS(=O)(=O)NCCc1ccc(C(=O)Nc2cc3c(cc2Cl)OCCCO3)s1. The zero-order valence-electron chi connectivity index (χ0n) is 14.6. The fraction of sp³-hybridized carbons (Fsp3) is 0.353. The molecule has 2 N–H and O–H groups in total. The molecule has 1 aromatic heterocycles. The van der Waals surface area contributed by atoms with Gasteiger partial charge in [0.05, 0.1) is 35.1 Å². The van der Waals surface area contributed by atoms with Gasteiger partial charge in [-0.2, -0.15) is 0 Å². The van der Waals surface area contributed by atoms with Crippen LogP contribution in [0, 0.1) is 0 Å². The number of thiophene rings is 1. The second-order valence-corrected chi connectivity index (χ2v) is 9.37. The first-order valence-corrected chi connectivity index (χ1v) is 11.3. The quantitative estimate of drug-likeness (QED) is 0.734. The molecule has 10 heteroatoms. The van der Waals surface area contributed by atoms with Gasteiger partial charge in [-0.15, -0.1) is 11.3 Å². The highest BCUT2D eigenvalue weighted by Crippen LogP contribution is 2.38. The van der Waals surface area contributed by atoms with Crippen molar-refractivity contribution in [3.8, 4) is 11.5 Å². The van der Waals surface area contributed by atoms with Crippen molar-refractivity contribution in [1.29, 1.82) is 0 Å². The van der Waals surface area contributed by atoms with Crippen LogP contribution in [0.4, 0.5) is 5.69 Å². The van der Waals surface area contributed by atoms with Crippen LogP contribution < -0.4 is 19.5 Å². The highest BCUT2D eigenvalue weighted by molar-refractivity contribution is 7.88. The molecular formula is C17H19ClN2O5S2. The molecule has 0 aliphatic carbocycles. The van der Waals surface area contributed by atoms with Crippen LogP contribution in [-0.2, 0) is 16.4 Å². The minimum absolute atomic E-state index is 0.286. The van der Waals surface area contributed by atoms with Gasteiger partial charge in [-0.1, -0.05) is 11.6 Å². The Morgan fingerprint density at radius 3 is 2.63 bits per heavy atom. The number of amides is 1. The largest absolute Gasteiger partial charge is 0.490 e. The highest BCUT2D eigenvalue weighted by atomic mass is 35.5. The van der Waals surface area contributed by atoms with Crippen molar-refractivity contribution in [1.82, 2.24) is 4.72 Å². The molecule has 146 valence electrons. The van der Waals surface area contributed by atoms with Gasteiger partial charge in [0.15, 0.2) is 11.5 Å². The lowest BCUT2D eigenvalue weighted by molar-refractivity contribution is 0.103. The number of halogens is 1. The standard InChI is InChI=1S/C17H19ClN2O5S2/c1-27(22,23)19-6-5-11-3-4-16(26-11)17(21)20-13-10-15-14(9-12(13)18)24-7-2-8-25-15/h3-4,9-10,19H,2,5-8H2,1H3,(H,20,21). The molecule has 7 nitrogen and oxygen atoms in total. The third-order valence-electron chi connectivity index (χ3n) is 3.71. The van der Waals surface area contributed by atoms with Gasteiger partial charge in [-0.05, 0) is 18.6 Å². The van der Waals surface area contributed by atoms with E-state index < -0.39 is 10.0 Å². The van der Waals surface area contributed by atoms with E-state index in [9.17, 15) is 13.2 Å². The second-order valence-electron chi connectivity index (χ2n) is 5.97. The van der Waals surface area contributed by atoms with Gasteiger partial charge >= 0.3 is 0 Å². The zero-order chi connectivity index (χ0) is 19.4. The van der Waals surface area contributed by atoms with Gasteiger partial charge in [0, 0.05) is 30.0 Å². The lowest BCUT2D eigenvalue weighted by atomic mass is 10.2. The Morgan fingerprint density at radius 2 is 1.93 bits per heavy atom. The van der Waals surface area contributed by atoms with Crippen LogP contribution in [0.5, 0.6) is 11.5 Å². The molecule has 0 bridgehead atoms. The predicted molar refractivity (Wildman–Crippen MR) is 106 cm³/mol. The number of hydrogen-bond donors (Lipinski definition) is 2. The van der Waals surface area contributed by atoms with E-state index in [4.69, 9.17) is 21.1 Å². The third-order valence-corrected chi connectivity index (χ3v) is 5.89. The topological polar surface area (TPSA) is 93.7 Å². The number of anilines is 1. The lowest BCUT2D eigenvalue weighted by Crippen LogP contribution is -2.24. The molecule has 0 radical (unpaired) electrons. The summed E-state index contributed by atoms with van der Waals surface area (Å²) < 4.78 is 35.8. The van der Waals surface area contributed by atoms with Gasteiger partial charge in [0.1, 0.15) is 0 Å². The van der Waals surface area contributed by atoms with Crippen LogP contribution in [0.25, 0.3) is 0 Å². The molecule has 0 saturated heterocycles. The van der Waals surface area contributed by atoms with Crippen molar-refractivity contribution in [3.63, 3.8) is 0 Å². The summed E-state index contributed by atoms with van der Waals surface area (Å²) in [5.74, 6) is 0.817. The normalized spacial score (nSPS) is 13.9. The Labute approximate surface area is 166 Å². The fourth-order valence-corrected chi connectivity index (χ4v) is 4.03. The summed E-state index contributed by atoms with van der Waals surface area (Å²) in [5, 5.41) is 3.15. The molecule has 2 aromatic rings. The Kier molecular flexibility index (Phi) is 6.25. The molecule has 1 aromatic carbocycles. The zero-order valence-corrected chi connectivity index (χ0v) is 17.0. The van der Waals surface area contributed by atoms with Gasteiger partial charge in [0.2, 0.25) is 10.0 Å². The highest BCUT2D eigenvalue weighted by Gasteiger charge is 2.17. The summed E-state index contributed by atoms with van der Waals surface area (Å²) in [4.78, 5) is 13.9. The number of hydrogen-bond acceptors (Lipinski definition) is 6. The average molecular weight is 431 g/mol. The first kappa shape index (κ1) is 19.9. The molecule has 0 atom stereocenters. The van der Waals surface area contributed by atoms with E-state index in [0.29, 0.717) is 46.7 Å². The van der Waals surface area contributed by atoms with Crippen LogP contribution in [-0.4, -0.2) is 40.3 Å². The van der Waals surface area contributed by atoms with Crippen LogP contribution in [0.3, 0.4) is 0 Å². The number of nitrogens with one attached hydrogen (secondary N) is 2. The molecule has 2 heterocycles. The Hall–Kier alpha value is -1.81. The minimum atomic E-state index is -3.22. The maximum Gasteiger partial charge on any atom is 0.265 e. The monoisotopic (exact) mass is 430 g/mol. The summed E-state index contributed by atoms with van der Waals surface area (Å²) in [5.41, 5.74) is 0.444. The maximum absolute atomic E-state index is 12.5. The van der Waals surface area contributed by atoms with Gasteiger partial charge in [-0.3, -0.25) is 4.79 Å². The van der Waals surface area contributed by atoms with Gasteiger partial charge in [0.25, 0.3) is 5.91 Å². The van der Waals surface area contributed by atoms with Gasteiger partial charge < -0.3 is 14.8 Å². The van der Waals surface area contributed by atoms with Crippen LogP contribution in [0.15, 0.2) is 24.3 Å². The smallest absolute Gasteiger partial charge is 0.265 e. The van der Waals surface area contributed by atoms with Crippen molar-refractivity contribution in [2.24, 2.45) is 0 Å². The predicted octanol–water partition coefficient (Wildman–Crippen LogP) is 2.91. The van der Waals surface area contributed by atoms with Crippen molar-refractivity contribution in [3.05, 3.63) is 39.0 Å². The molecular weight excluding hydrogens is 412 g/mol. The van der Waals surface area contributed by atoms with Crippen molar-refractivity contribution in [2.75, 3.05) is 31.3 Å². The summed E-state index contributed by atoms with van der Waals surface area (Å²) in [7, 11) is -3.22. The molecule has 0 unspecified atom stereocenters.